The number of aromatic nitrogens is 3. The Bertz CT molecular complexity index is 832. The van der Waals surface area contributed by atoms with Gasteiger partial charge in [-0.3, -0.25) is 4.98 Å². The molecule has 0 aromatic heterocycles. The first-order valence-corrected chi connectivity index (χ1v) is 8.11. The first-order valence-electron chi connectivity index (χ1n) is 8.11. The fourth-order valence-corrected chi connectivity index (χ4v) is 3.54. The normalized spacial score (nSPS) is 24.4. The van der Waals surface area contributed by atoms with Gasteiger partial charge in [0.15, 0.2) is 11.6 Å². The van der Waals surface area contributed by atoms with Gasteiger partial charge in [0.1, 0.15) is 11.5 Å². The van der Waals surface area contributed by atoms with E-state index in [4.69, 9.17) is 0 Å². The van der Waals surface area contributed by atoms with Crippen LogP contribution in [0.5, 0.6) is 0 Å². The monoisotopic (exact) mass is 328 g/mol. The van der Waals surface area contributed by atoms with Crippen LogP contribution in [0.25, 0.3) is 11.4 Å². The second-order valence-electron chi connectivity index (χ2n) is 6.47. The molecule has 3 heterocycles. The number of hydrogen-bond donors (Lipinski definition) is 2. The summed E-state index contributed by atoms with van der Waals surface area (Å²) in [6.45, 7) is 2.10. The van der Waals surface area contributed by atoms with Crippen LogP contribution in [0.1, 0.15) is 43.1 Å². The molecule has 0 saturated carbocycles. The van der Waals surface area contributed by atoms with Gasteiger partial charge in [0.2, 0.25) is 0 Å². The van der Waals surface area contributed by atoms with Crippen LogP contribution in [0.15, 0.2) is 36.7 Å². The second-order valence-corrected chi connectivity index (χ2v) is 6.47. The number of nitrogens with zero attached hydrogens (tertiary/aromatic N) is 2. The number of aromatic amines is 1. The van der Waals surface area contributed by atoms with Crippen LogP contribution in [-0.2, 0) is 0 Å². The molecule has 3 aliphatic rings. The maximum absolute atomic E-state index is 13.6. The van der Waals surface area contributed by atoms with Crippen molar-refractivity contribution in [1.29, 1.82) is 0 Å². The summed E-state index contributed by atoms with van der Waals surface area (Å²) in [7, 11) is 0. The largest absolute Gasteiger partial charge is 0.342 e. The third-order valence-corrected chi connectivity index (χ3v) is 4.70. The molecule has 3 aliphatic heterocycles. The van der Waals surface area contributed by atoms with E-state index in [1.807, 2.05) is 6.07 Å². The molecular formula is C18H18F2N4. The average Bonchev–Trinajstić information content (AvgIpc) is 3.04. The third kappa shape index (κ3) is 2.78. The molecule has 4 nitrogen and oxygen atoms in total. The van der Waals surface area contributed by atoms with Gasteiger partial charge < -0.3 is 10.3 Å². The van der Waals surface area contributed by atoms with Crippen molar-refractivity contribution in [2.75, 3.05) is 0 Å². The van der Waals surface area contributed by atoms with Gasteiger partial charge in [-0.1, -0.05) is 6.07 Å². The number of fused-ring (bicyclic) bond motifs is 1. The molecule has 0 spiro atoms. The Hall–Kier alpha value is -2.34. The molecule has 124 valence electrons. The second kappa shape index (κ2) is 5.94. The molecule has 1 fully saturated rings. The van der Waals surface area contributed by atoms with Gasteiger partial charge in [0, 0.05) is 24.2 Å². The summed E-state index contributed by atoms with van der Waals surface area (Å²) in [6.07, 6.45) is 5.24. The lowest BCUT2D eigenvalue weighted by Gasteiger charge is -2.34. The highest BCUT2D eigenvalue weighted by Crippen LogP contribution is 2.36. The predicted octanol–water partition coefficient (Wildman–Crippen LogP) is 3.78. The van der Waals surface area contributed by atoms with Crippen LogP contribution in [0, 0.1) is 11.6 Å². The van der Waals surface area contributed by atoms with Crippen LogP contribution in [-0.4, -0.2) is 21.0 Å². The Morgan fingerprint density at radius 2 is 1.96 bits per heavy atom. The lowest BCUT2D eigenvalue weighted by molar-refractivity contribution is 0.298. The number of halogens is 2. The molecule has 1 aromatic rings. The summed E-state index contributed by atoms with van der Waals surface area (Å²) in [4.78, 5) is 12.1. The van der Waals surface area contributed by atoms with Gasteiger partial charge in [-0.2, -0.15) is 0 Å². The molecule has 0 amide bonds. The summed E-state index contributed by atoms with van der Waals surface area (Å²) in [5.41, 5.74) is 2.58. The molecule has 3 unspecified atom stereocenters. The molecule has 2 N–H and O–H groups in total. The quantitative estimate of drug-likeness (QED) is 0.753. The Balaban J connectivity index is 1.62. The highest BCUT2D eigenvalue weighted by Gasteiger charge is 2.30. The lowest BCUT2D eigenvalue weighted by atomic mass is 9.85. The van der Waals surface area contributed by atoms with E-state index in [0.717, 1.165) is 35.6 Å². The van der Waals surface area contributed by atoms with Crippen molar-refractivity contribution in [1.82, 2.24) is 20.3 Å². The van der Waals surface area contributed by atoms with Crippen molar-refractivity contribution in [3.63, 3.8) is 0 Å². The van der Waals surface area contributed by atoms with Crippen molar-refractivity contribution in [2.24, 2.45) is 0 Å². The van der Waals surface area contributed by atoms with Crippen LogP contribution in [0.2, 0.25) is 0 Å². The van der Waals surface area contributed by atoms with Gasteiger partial charge in [0.25, 0.3) is 0 Å². The van der Waals surface area contributed by atoms with E-state index in [1.165, 1.54) is 12.1 Å². The molecule has 0 aliphatic carbocycles. The number of nitrogens with one attached hydrogen (secondary N) is 2. The SMILES string of the molecule is CC1CC(c2ncc3nccc-3[nH]2)CC(c2ccc(F)c(F)c2)N1. The van der Waals surface area contributed by atoms with Gasteiger partial charge in [0.05, 0.1) is 11.9 Å². The minimum Gasteiger partial charge on any atom is -0.342 e. The Labute approximate surface area is 138 Å². The van der Waals surface area contributed by atoms with Crippen molar-refractivity contribution >= 4 is 0 Å². The Morgan fingerprint density at radius 3 is 2.79 bits per heavy atom. The minimum atomic E-state index is -0.816. The van der Waals surface area contributed by atoms with Gasteiger partial charge in [-0.25, -0.2) is 13.8 Å². The van der Waals surface area contributed by atoms with E-state index >= 15 is 0 Å². The molecule has 4 rings (SSSR count). The average molecular weight is 328 g/mol. The first kappa shape index (κ1) is 15.2. The summed E-state index contributed by atoms with van der Waals surface area (Å²) in [6, 6.07) is 6.27. The standard InChI is InChI=1S/C18H18F2N4/c1-10-6-12(18-22-9-17-15(24-18)4-5-21-17)8-16(23-10)11-2-3-13(19)14(20)7-11/h2-5,7,9-10,12,16,23H,6,8H2,1H3,(H,22,24). The maximum atomic E-state index is 13.6. The van der Waals surface area contributed by atoms with E-state index < -0.39 is 11.6 Å². The molecule has 1 aromatic carbocycles. The summed E-state index contributed by atoms with van der Waals surface area (Å²) < 4.78 is 26.7. The molecule has 0 radical (unpaired) electrons. The molecule has 3 atom stereocenters. The van der Waals surface area contributed by atoms with E-state index in [2.05, 4.69) is 27.2 Å². The van der Waals surface area contributed by atoms with Crippen LogP contribution in [0.4, 0.5) is 8.78 Å². The zero-order chi connectivity index (χ0) is 16.7. The highest BCUT2D eigenvalue weighted by molar-refractivity contribution is 5.54. The Kier molecular flexibility index (Phi) is 3.76. The van der Waals surface area contributed by atoms with Gasteiger partial charge >= 0.3 is 0 Å². The van der Waals surface area contributed by atoms with E-state index in [-0.39, 0.29) is 18.0 Å². The number of piperidine rings is 1. The van der Waals surface area contributed by atoms with E-state index in [1.54, 1.807) is 18.5 Å². The zero-order valence-electron chi connectivity index (χ0n) is 13.3. The number of H-pyrrole nitrogens is 1. The van der Waals surface area contributed by atoms with Crippen LogP contribution in [0.3, 0.4) is 0 Å². The minimum absolute atomic E-state index is 0.0301. The topological polar surface area (TPSA) is 53.6 Å². The zero-order valence-corrected chi connectivity index (χ0v) is 13.3. The third-order valence-electron chi connectivity index (χ3n) is 4.70. The van der Waals surface area contributed by atoms with Gasteiger partial charge in [-0.05, 0) is 43.5 Å². The van der Waals surface area contributed by atoms with Crippen molar-refractivity contribution in [2.45, 2.75) is 37.8 Å². The fraction of sp³-hybridized carbons (Fsp3) is 0.333. The number of hydrogen-bond acceptors (Lipinski definition) is 3. The van der Waals surface area contributed by atoms with E-state index in [9.17, 15) is 8.78 Å². The lowest BCUT2D eigenvalue weighted by Crippen LogP contribution is -2.38. The van der Waals surface area contributed by atoms with Crippen molar-refractivity contribution < 1.29 is 8.78 Å². The summed E-state index contributed by atoms with van der Waals surface area (Å²) in [5, 5.41) is 3.47. The highest BCUT2D eigenvalue weighted by atomic mass is 19.2. The summed E-state index contributed by atoms with van der Waals surface area (Å²) in [5.74, 6) is -0.489. The molecule has 0 bridgehead atoms. The number of rotatable bonds is 2. The molecule has 6 heteroatoms. The summed E-state index contributed by atoms with van der Waals surface area (Å²) >= 11 is 0. The number of benzene rings is 1. The van der Waals surface area contributed by atoms with Crippen molar-refractivity contribution in [3.05, 3.63) is 59.7 Å². The maximum Gasteiger partial charge on any atom is 0.159 e. The van der Waals surface area contributed by atoms with Gasteiger partial charge in [-0.15, -0.1) is 0 Å². The molecule has 1 saturated heterocycles. The van der Waals surface area contributed by atoms with Crippen LogP contribution >= 0.6 is 0 Å². The first-order chi connectivity index (χ1) is 11.6. The Morgan fingerprint density at radius 1 is 1.08 bits per heavy atom. The smallest absolute Gasteiger partial charge is 0.159 e. The predicted molar refractivity (Wildman–Crippen MR) is 86.7 cm³/mol. The molecular weight excluding hydrogens is 310 g/mol. The van der Waals surface area contributed by atoms with Crippen LogP contribution < -0.4 is 5.32 Å². The fourth-order valence-electron chi connectivity index (χ4n) is 3.54. The van der Waals surface area contributed by atoms with E-state index in [0.29, 0.717) is 0 Å². The van der Waals surface area contributed by atoms with Crippen molar-refractivity contribution in [3.8, 4) is 11.4 Å². The molecule has 24 heavy (non-hydrogen) atoms.